The number of carbonyl (C=O) groups excluding carboxylic acids is 1. The van der Waals surface area contributed by atoms with Gasteiger partial charge in [-0.05, 0) is 64.2 Å². The fraction of sp³-hybridized carbons (Fsp3) is 0.275. The average Bonchev–Trinajstić information content (AvgIpc) is 3.13. The number of ether oxygens (including phenoxy) is 2. The lowest BCUT2D eigenvalue weighted by atomic mass is 9.97. The molecular formula is C40H39Cl3N2O4. The Kier molecular flexibility index (Phi) is 11.3. The van der Waals surface area contributed by atoms with Gasteiger partial charge in [-0.15, -0.1) is 0 Å². The van der Waals surface area contributed by atoms with E-state index in [1.165, 1.54) is 16.3 Å². The Morgan fingerprint density at radius 2 is 1.55 bits per heavy atom. The summed E-state index contributed by atoms with van der Waals surface area (Å²) in [6.45, 7) is 3.14. The van der Waals surface area contributed by atoms with Crippen molar-refractivity contribution in [1.82, 2.24) is 10.2 Å². The lowest BCUT2D eigenvalue weighted by Crippen LogP contribution is -2.38. The standard InChI is InChI=1S/C40H39Cl3N2O4/c1-26(32-20-15-28-7-3-4-8-33(28)21-32)45(2)24-35-22-37(30-13-11-27(25-46)12-14-30)49-38(48-35)31-18-16-29(17-19-31)36-10-6-5-9-34(36)23-44-39(47)40(41,42)43/h3-21,26,35,37-38,46H,22-25H2,1-2H3,(H,44,47)/t26-,35-,37+,38+/m1/s1. The first-order valence-electron chi connectivity index (χ1n) is 16.3. The molecule has 9 heteroatoms. The summed E-state index contributed by atoms with van der Waals surface area (Å²) in [6.07, 6.45) is -0.188. The van der Waals surface area contributed by atoms with Gasteiger partial charge in [0.25, 0.3) is 9.70 Å². The Morgan fingerprint density at radius 3 is 2.27 bits per heavy atom. The van der Waals surface area contributed by atoms with Crippen LogP contribution >= 0.6 is 34.8 Å². The van der Waals surface area contributed by atoms with Crippen molar-refractivity contribution in [2.24, 2.45) is 0 Å². The Balaban J connectivity index is 1.21. The van der Waals surface area contributed by atoms with Gasteiger partial charge in [-0.25, -0.2) is 0 Å². The number of nitrogens with one attached hydrogen (secondary N) is 1. The van der Waals surface area contributed by atoms with Crippen molar-refractivity contribution in [3.63, 3.8) is 0 Å². The molecule has 49 heavy (non-hydrogen) atoms. The Morgan fingerprint density at radius 1 is 0.878 bits per heavy atom. The molecule has 0 aromatic heterocycles. The minimum absolute atomic E-state index is 0.00757. The second-order valence-electron chi connectivity index (χ2n) is 12.5. The van der Waals surface area contributed by atoms with Crippen LogP contribution in [-0.4, -0.2) is 39.4 Å². The van der Waals surface area contributed by atoms with Crippen LogP contribution in [0, 0.1) is 0 Å². The molecule has 6 rings (SSSR count). The molecule has 1 heterocycles. The molecular weight excluding hydrogens is 679 g/mol. The molecule has 1 aliphatic heterocycles. The maximum Gasteiger partial charge on any atom is 0.272 e. The predicted octanol–water partition coefficient (Wildman–Crippen LogP) is 9.22. The first-order valence-corrected chi connectivity index (χ1v) is 17.4. The number of hydrogen-bond donors (Lipinski definition) is 2. The Labute approximate surface area is 302 Å². The van der Waals surface area contributed by atoms with E-state index in [1.807, 2.05) is 72.8 Å². The first kappa shape index (κ1) is 35.4. The summed E-state index contributed by atoms with van der Waals surface area (Å²) in [6, 6.07) is 39.1. The number of fused-ring (bicyclic) bond motifs is 1. The van der Waals surface area contributed by atoms with E-state index in [2.05, 4.69) is 66.7 Å². The minimum atomic E-state index is -2.03. The molecule has 4 atom stereocenters. The van der Waals surface area contributed by atoms with E-state index in [1.54, 1.807) is 0 Å². The summed E-state index contributed by atoms with van der Waals surface area (Å²) in [4.78, 5) is 14.5. The van der Waals surface area contributed by atoms with E-state index in [9.17, 15) is 9.90 Å². The molecule has 0 spiro atoms. The van der Waals surface area contributed by atoms with Crippen LogP contribution < -0.4 is 5.32 Å². The number of carbonyl (C=O) groups is 1. The van der Waals surface area contributed by atoms with E-state index in [0.717, 1.165) is 33.4 Å². The number of alkyl halides is 3. The van der Waals surface area contributed by atoms with E-state index < -0.39 is 16.0 Å². The predicted molar refractivity (Wildman–Crippen MR) is 197 cm³/mol. The Hall–Kier alpha value is -3.46. The van der Waals surface area contributed by atoms with E-state index in [4.69, 9.17) is 44.3 Å². The highest BCUT2D eigenvalue weighted by molar-refractivity contribution is 6.76. The lowest BCUT2D eigenvalue weighted by Gasteiger charge is -2.39. The maximum atomic E-state index is 12.2. The van der Waals surface area contributed by atoms with Gasteiger partial charge in [-0.2, -0.15) is 0 Å². The molecule has 2 N–H and O–H groups in total. The molecule has 1 saturated heterocycles. The topological polar surface area (TPSA) is 71.0 Å². The third kappa shape index (κ3) is 8.65. The molecule has 1 fully saturated rings. The van der Waals surface area contributed by atoms with Crippen LogP contribution in [0.4, 0.5) is 0 Å². The average molecular weight is 718 g/mol. The summed E-state index contributed by atoms with van der Waals surface area (Å²) >= 11 is 17.2. The van der Waals surface area contributed by atoms with Crippen LogP contribution in [-0.2, 0) is 27.4 Å². The van der Waals surface area contributed by atoms with Crippen molar-refractivity contribution in [3.05, 3.63) is 143 Å². The molecule has 0 radical (unpaired) electrons. The zero-order valence-electron chi connectivity index (χ0n) is 27.4. The highest BCUT2D eigenvalue weighted by Gasteiger charge is 2.34. The number of amides is 1. The second kappa shape index (κ2) is 15.6. The summed E-state index contributed by atoms with van der Waals surface area (Å²) in [5.41, 5.74) is 6.86. The molecule has 6 nitrogen and oxygen atoms in total. The molecule has 0 unspecified atom stereocenters. The van der Waals surface area contributed by atoms with Crippen molar-refractivity contribution in [3.8, 4) is 11.1 Å². The normalized spacial score (nSPS) is 18.8. The van der Waals surface area contributed by atoms with E-state index in [0.29, 0.717) is 13.0 Å². The monoisotopic (exact) mass is 716 g/mol. The Bertz CT molecular complexity index is 1880. The summed E-state index contributed by atoms with van der Waals surface area (Å²) in [5.74, 6) is -0.679. The molecule has 1 amide bonds. The van der Waals surface area contributed by atoms with Crippen molar-refractivity contribution in [1.29, 1.82) is 0 Å². The van der Waals surface area contributed by atoms with Gasteiger partial charge in [0.05, 0.1) is 18.8 Å². The second-order valence-corrected chi connectivity index (χ2v) is 14.8. The number of hydrogen-bond acceptors (Lipinski definition) is 5. The fourth-order valence-corrected chi connectivity index (χ4v) is 6.49. The first-order chi connectivity index (χ1) is 23.6. The van der Waals surface area contributed by atoms with Gasteiger partial charge < -0.3 is 19.9 Å². The highest BCUT2D eigenvalue weighted by Crippen LogP contribution is 2.39. The number of aliphatic hydroxyl groups is 1. The SMILES string of the molecule is C[C@H](c1ccc2ccccc2c1)N(C)C[C@H]1C[C@@H](c2ccc(CO)cc2)O[C@@H](c2ccc(-c3ccccc3CNC(=O)C(Cl)(Cl)Cl)cc2)O1. The van der Waals surface area contributed by atoms with Crippen molar-refractivity contribution >= 4 is 51.5 Å². The van der Waals surface area contributed by atoms with Crippen LogP contribution in [0.15, 0.2) is 115 Å². The molecule has 0 aliphatic carbocycles. The number of likely N-dealkylation sites (N-methyl/N-ethyl adjacent to an activating group) is 1. The molecule has 5 aromatic rings. The van der Waals surface area contributed by atoms with Crippen LogP contribution in [0.25, 0.3) is 21.9 Å². The zero-order chi connectivity index (χ0) is 34.5. The third-order valence-corrected chi connectivity index (χ3v) is 9.75. The molecule has 254 valence electrons. The van der Waals surface area contributed by atoms with Gasteiger partial charge >= 0.3 is 0 Å². The van der Waals surface area contributed by atoms with Crippen molar-refractivity contribution < 1.29 is 19.4 Å². The fourth-order valence-electron chi connectivity index (χ4n) is 6.29. The van der Waals surface area contributed by atoms with Crippen LogP contribution in [0.2, 0.25) is 0 Å². The van der Waals surface area contributed by atoms with Gasteiger partial charge in [0, 0.05) is 31.1 Å². The molecule has 1 aliphatic rings. The lowest BCUT2D eigenvalue weighted by molar-refractivity contribution is -0.253. The van der Waals surface area contributed by atoms with Crippen LogP contribution in [0.5, 0.6) is 0 Å². The van der Waals surface area contributed by atoms with Gasteiger partial charge in [-0.3, -0.25) is 9.69 Å². The molecule has 5 aromatic carbocycles. The number of nitrogens with zero attached hydrogens (tertiary/aromatic N) is 1. The van der Waals surface area contributed by atoms with E-state index in [-0.39, 0.29) is 31.4 Å². The van der Waals surface area contributed by atoms with Crippen molar-refractivity contribution in [2.45, 2.75) is 54.8 Å². The highest BCUT2D eigenvalue weighted by atomic mass is 35.6. The number of benzene rings is 5. The number of rotatable bonds is 10. The number of aliphatic hydroxyl groups excluding tert-OH is 1. The summed E-state index contributed by atoms with van der Waals surface area (Å²) < 4.78 is 11.3. The van der Waals surface area contributed by atoms with Gasteiger partial charge in [0.2, 0.25) is 0 Å². The summed E-state index contributed by atoms with van der Waals surface area (Å²) in [5, 5.41) is 14.7. The smallest absolute Gasteiger partial charge is 0.272 e. The zero-order valence-corrected chi connectivity index (χ0v) is 29.6. The maximum absolute atomic E-state index is 12.2. The van der Waals surface area contributed by atoms with Crippen molar-refractivity contribution in [2.75, 3.05) is 13.6 Å². The van der Waals surface area contributed by atoms with Crippen LogP contribution in [0.3, 0.4) is 0 Å². The van der Waals surface area contributed by atoms with Gasteiger partial charge in [-0.1, -0.05) is 144 Å². The minimum Gasteiger partial charge on any atom is -0.392 e. The van der Waals surface area contributed by atoms with E-state index >= 15 is 0 Å². The van der Waals surface area contributed by atoms with Gasteiger partial charge in [0.1, 0.15) is 0 Å². The third-order valence-electron chi connectivity index (χ3n) is 9.23. The quantitative estimate of drug-likeness (QED) is 0.141. The largest absolute Gasteiger partial charge is 0.392 e. The number of halogens is 3. The summed E-state index contributed by atoms with van der Waals surface area (Å²) in [7, 11) is 2.14. The molecule has 0 saturated carbocycles. The molecule has 0 bridgehead atoms. The van der Waals surface area contributed by atoms with Gasteiger partial charge in [0.15, 0.2) is 6.29 Å². The van der Waals surface area contributed by atoms with Crippen LogP contribution in [0.1, 0.15) is 59.6 Å².